The molecule has 10 heteroatoms. The van der Waals surface area contributed by atoms with E-state index in [9.17, 15) is 23.1 Å². The Hall–Kier alpha value is -2.75. The summed E-state index contributed by atoms with van der Waals surface area (Å²) in [6, 6.07) is 4.89. The van der Waals surface area contributed by atoms with Crippen LogP contribution in [0.25, 0.3) is 0 Å². The van der Waals surface area contributed by atoms with Crippen molar-refractivity contribution in [1.82, 2.24) is 14.9 Å². The van der Waals surface area contributed by atoms with Gasteiger partial charge in [0.15, 0.2) is 11.5 Å². The van der Waals surface area contributed by atoms with Gasteiger partial charge in [-0.05, 0) is 17.7 Å². The van der Waals surface area contributed by atoms with Crippen molar-refractivity contribution in [2.24, 2.45) is 7.05 Å². The highest BCUT2D eigenvalue weighted by molar-refractivity contribution is 5.78. The molecule has 0 aliphatic rings. The number of amides is 1. The first-order valence-electron chi connectivity index (χ1n) is 8.37. The molecule has 1 atom stereocenters. The number of rotatable bonds is 8. The number of methoxy groups -OCH3 is 2. The van der Waals surface area contributed by atoms with E-state index in [1.54, 1.807) is 18.2 Å². The van der Waals surface area contributed by atoms with Gasteiger partial charge in [0.2, 0.25) is 11.5 Å². The quantitative estimate of drug-likeness (QED) is 0.706. The van der Waals surface area contributed by atoms with Crippen molar-refractivity contribution in [2.75, 3.05) is 20.8 Å². The van der Waals surface area contributed by atoms with Gasteiger partial charge in [-0.3, -0.25) is 4.79 Å². The van der Waals surface area contributed by atoms with Gasteiger partial charge < -0.3 is 24.5 Å². The van der Waals surface area contributed by atoms with Crippen LogP contribution in [0.2, 0.25) is 0 Å². The molecule has 0 fully saturated rings. The minimum Gasteiger partial charge on any atom is -0.493 e. The van der Waals surface area contributed by atoms with Gasteiger partial charge in [0, 0.05) is 32.4 Å². The molecule has 28 heavy (non-hydrogen) atoms. The molecule has 0 aliphatic carbocycles. The van der Waals surface area contributed by atoms with Crippen LogP contribution in [0.15, 0.2) is 30.6 Å². The molecule has 1 aromatic carbocycles. The molecule has 0 saturated heterocycles. The van der Waals surface area contributed by atoms with Crippen molar-refractivity contribution in [3.8, 4) is 11.5 Å². The number of benzene rings is 1. The lowest BCUT2D eigenvalue weighted by atomic mass is 9.97. The first kappa shape index (κ1) is 21.5. The number of hydrogen-bond acceptors (Lipinski definition) is 5. The van der Waals surface area contributed by atoms with Crippen LogP contribution in [0.5, 0.6) is 11.5 Å². The molecule has 0 radical (unpaired) electrons. The average Bonchev–Trinajstić information content (AvgIpc) is 3.06. The zero-order valence-corrected chi connectivity index (χ0v) is 15.7. The van der Waals surface area contributed by atoms with Gasteiger partial charge in [0.1, 0.15) is 5.82 Å². The highest BCUT2D eigenvalue weighted by atomic mass is 19.4. The predicted octanol–water partition coefficient (Wildman–Crippen LogP) is 1.94. The lowest BCUT2D eigenvalue weighted by Gasteiger charge is -2.30. The number of aliphatic hydroxyl groups is 1. The molecule has 1 heterocycles. The smallest absolute Gasteiger partial charge is 0.424 e. The second kappa shape index (κ2) is 8.51. The SMILES string of the molecule is COc1ccc(CC(=O)NCCC(O)(c2nccn2C)C(F)(F)F)cc1OC. The maximum Gasteiger partial charge on any atom is 0.424 e. The molecule has 0 aliphatic heterocycles. The largest absolute Gasteiger partial charge is 0.493 e. The molecule has 1 unspecified atom stereocenters. The Labute approximate surface area is 160 Å². The molecular weight excluding hydrogens is 379 g/mol. The van der Waals surface area contributed by atoms with Gasteiger partial charge in [-0.15, -0.1) is 0 Å². The zero-order valence-electron chi connectivity index (χ0n) is 15.7. The number of aryl methyl sites for hydroxylation is 1. The highest BCUT2D eigenvalue weighted by Crippen LogP contribution is 2.40. The summed E-state index contributed by atoms with van der Waals surface area (Å²) in [5.41, 5.74) is -2.56. The van der Waals surface area contributed by atoms with Crippen molar-refractivity contribution in [3.05, 3.63) is 42.0 Å². The molecule has 2 N–H and O–H groups in total. The van der Waals surface area contributed by atoms with Crippen molar-refractivity contribution < 1.29 is 32.5 Å². The Balaban J connectivity index is 2.01. The van der Waals surface area contributed by atoms with Gasteiger partial charge in [0.05, 0.1) is 20.6 Å². The lowest BCUT2D eigenvalue weighted by molar-refractivity contribution is -0.272. The van der Waals surface area contributed by atoms with E-state index in [1.807, 2.05) is 0 Å². The van der Waals surface area contributed by atoms with Crippen LogP contribution in [0, 0.1) is 0 Å². The maximum absolute atomic E-state index is 13.4. The second-order valence-corrected chi connectivity index (χ2v) is 6.19. The van der Waals surface area contributed by atoms with Crippen LogP contribution in [0.1, 0.15) is 17.8 Å². The fourth-order valence-electron chi connectivity index (χ4n) is 2.77. The minimum atomic E-state index is -4.94. The number of carbonyl (C=O) groups is 1. The molecule has 1 amide bonds. The predicted molar refractivity (Wildman–Crippen MR) is 94.0 cm³/mol. The monoisotopic (exact) mass is 401 g/mol. The number of aromatic nitrogens is 2. The van der Waals surface area contributed by atoms with E-state index in [2.05, 4.69) is 10.3 Å². The molecule has 0 spiro atoms. The zero-order chi connectivity index (χ0) is 20.9. The van der Waals surface area contributed by atoms with Gasteiger partial charge in [-0.1, -0.05) is 6.07 Å². The molecule has 0 saturated carbocycles. The number of ether oxygens (including phenoxy) is 2. The first-order valence-corrected chi connectivity index (χ1v) is 8.37. The maximum atomic E-state index is 13.4. The van der Waals surface area contributed by atoms with Crippen LogP contribution in [0.4, 0.5) is 13.2 Å². The van der Waals surface area contributed by atoms with Crippen LogP contribution >= 0.6 is 0 Å². The number of nitrogens with one attached hydrogen (secondary N) is 1. The van der Waals surface area contributed by atoms with E-state index in [0.29, 0.717) is 17.1 Å². The number of halogens is 3. The number of carbonyl (C=O) groups excluding carboxylic acids is 1. The summed E-state index contributed by atoms with van der Waals surface area (Å²) in [6.07, 6.45) is -3.30. The standard InChI is InChI=1S/C18H22F3N3O4/c1-24-9-8-23-16(24)17(26,18(19,20)21)6-7-22-15(25)11-12-4-5-13(27-2)14(10-12)28-3/h4-5,8-10,26H,6-7,11H2,1-3H3,(H,22,25). The van der Waals surface area contributed by atoms with E-state index in [0.717, 1.165) is 4.57 Å². The highest BCUT2D eigenvalue weighted by Gasteiger charge is 2.57. The van der Waals surface area contributed by atoms with Crippen LogP contribution in [-0.2, 0) is 23.9 Å². The number of alkyl halides is 3. The van der Waals surface area contributed by atoms with Crippen LogP contribution in [0.3, 0.4) is 0 Å². The summed E-state index contributed by atoms with van der Waals surface area (Å²) in [5, 5.41) is 12.6. The number of imidazole rings is 1. The Kier molecular flexibility index (Phi) is 6.55. The van der Waals surface area contributed by atoms with Crippen molar-refractivity contribution in [3.63, 3.8) is 0 Å². The molecule has 154 valence electrons. The average molecular weight is 401 g/mol. The fraction of sp³-hybridized carbons (Fsp3) is 0.444. The van der Waals surface area contributed by atoms with Crippen molar-refractivity contribution in [2.45, 2.75) is 24.6 Å². The Morgan fingerprint density at radius 2 is 1.93 bits per heavy atom. The topological polar surface area (TPSA) is 85.6 Å². The third-order valence-corrected chi connectivity index (χ3v) is 4.28. The Bertz CT molecular complexity index is 823. The molecule has 2 aromatic rings. The summed E-state index contributed by atoms with van der Waals surface area (Å²) in [7, 11) is 4.29. The number of hydrogen-bond donors (Lipinski definition) is 2. The fourth-order valence-corrected chi connectivity index (χ4v) is 2.77. The Morgan fingerprint density at radius 1 is 1.25 bits per heavy atom. The molecular formula is C18H22F3N3O4. The summed E-state index contributed by atoms with van der Waals surface area (Å²) in [6.45, 7) is -0.380. The van der Waals surface area contributed by atoms with Gasteiger partial charge in [-0.2, -0.15) is 13.2 Å². The van der Waals surface area contributed by atoms with E-state index < -0.39 is 29.9 Å². The summed E-state index contributed by atoms with van der Waals surface area (Å²) in [4.78, 5) is 15.7. The molecule has 1 aromatic heterocycles. The van der Waals surface area contributed by atoms with Gasteiger partial charge in [0.25, 0.3) is 0 Å². The van der Waals surface area contributed by atoms with Crippen LogP contribution in [-0.4, -0.2) is 47.5 Å². The summed E-state index contributed by atoms with van der Waals surface area (Å²) >= 11 is 0. The van der Waals surface area contributed by atoms with Gasteiger partial charge >= 0.3 is 6.18 Å². The van der Waals surface area contributed by atoms with E-state index in [1.165, 1.54) is 33.7 Å². The van der Waals surface area contributed by atoms with Crippen LogP contribution < -0.4 is 14.8 Å². The van der Waals surface area contributed by atoms with Crippen molar-refractivity contribution in [1.29, 1.82) is 0 Å². The third kappa shape index (κ3) is 4.56. The number of nitrogens with zero attached hydrogens (tertiary/aromatic N) is 2. The summed E-state index contributed by atoms with van der Waals surface area (Å²) < 4.78 is 51.6. The molecule has 2 rings (SSSR count). The Morgan fingerprint density at radius 3 is 2.46 bits per heavy atom. The third-order valence-electron chi connectivity index (χ3n) is 4.28. The molecule has 7 nitrogen and oxygen atoms in total. The molecule has 0 bridgehead atoms. The first-order chi connectivity index (χ1) is 13.1. The second-order valence-electron chi connectivity index (χ2n) is 6.19. The van der Waals surface area contributed by atoms with Gasteiger partial charge in [-0.25, -0.2) is 4.98 Å². The summed E-state index contributed by atoms with van der Waals surface area (Å²) in [5.74, 6) is -0.0864. The lowest BCUT2D eigenvalue weighted by Crippen LogP contribution is -2.46. The normalized spacial score (nSPS) is 13.7. The van der Waals surface area contributed by atoms with Crippen molar-refractivity contribution >= 4 is 5.91 Å². The minimum absolute atomic E-state index is 0.0623. The van der Waals surface area contributed by atoms with E-state index in [4.69, 9.17) is 9.47 Å². The van der Waals surface area contributed by atoms with E-state index >= 15 is 0 Å². The van der Waals surface area contributed by atoms with E-state index in [-0.39, 0.29) is 13.0 Å².